The van der Waals surface area contributed by atoms with Crippen LogP contribution in [0.25, 0.3) is 0 Å². The molecule has 2 aromatic rings. The third-order valence-electron chi connectivity index (χ3n) is 2.86. The minimum atomic E-state index is -0.400. The zero-order chi connectivity index (χ0) is 15.9. The lowest BCUT2D eigenvalue weighted by molar-refractivity contribution is 0.0513. The van der Waals surface area contributed by atoms with Crippen LogP contribution in [0.4, 0.5) is 0 Å². The van der Waals surface area contributed by atoms with E-state index >= 15 is 0 Å². The van der Waals surface area contributed by atoms with Crippen molar-refractivity contribution in [2.45, 2.75) is 20.3 Å². The number of aromatic nitrogens is 1. The quantitative estimate of drug-likeness (QED) is 0.766. The van der Waals surface area contributed by atoms with Gasteiger partial charge < -0.3 is 9.47 Å². The topological polar surface area (TPSA) is 65.5 Å². The van der Waals surface area contributed by atoms with Crippen molar-refractivity contribution in [2.75, 3.05) is 13.2 Å². The number of rotatable bonds is 6. The molecule has 1 aromatic heterocycles. The molecular weight excluding hydrogens is 302 g/mol. The van der Waals surface area contributed by atoms with Crippen LogP contribution in [0.5, 0.6) is 0 Å². The number of carbonyl (C=O) groups excluding carboxylic acids is 2. The van der Waals surface area contributed by atoms with Gasteiger partial charge in [0.1, 0.15) is 0 Å². The number of thiazole rings is 1. The Bertz CT molecular complexity index is 648. The fourth-order valence-electron chi connectivity index (χ4n) is 1.84. The normalized spacial score (nSPS) is 10.3. The van der Waals surface area contributed by atoms with E-state index in [4.69, 9.17) is 9.47 Å². The summed E-state index contributed by atoms with van der Waals surface area (Å²) in [6.07, 6.45) is 0.604. The number of nitrogens with zero attached hydrogens (tertiary/aromatic N) is 1. The largest absolute Gasteiger partial charge is 0.462 e. The maximum Gasteiger partial charge on any atom is 0.357 e. The molecule has 6 heteroatoms. The molecule has 0 aliphatic heterocycles. The molecule has 2 rings (SSSR count). The summed E-state index contributed by atoms with van der Waals surface area (Å²) in [7, 11) is 0. The van der Waals surface area contributed by atoms with E-state index in [9.17, 15) is 9.59 Å². The van der Waals surface area contributed by atoms with Crippen molar-refractivity contribution in [3.63, 3.8) is 0 Å². The molecule has 0 spiro atoms. The molecule has 1 aromatic carbocycles. The van der Waals surface area contributed by atoms with Gasteiger partial charge in [-0.3, -0.25) is 0 Å². The Labute approximate surface area is 132 Å². The van der Waals surface area contributed by atoms with Crippen LogP contribution in [0.1, 0.15) is 45.3 Å². The van der Waals surface area contributed by atoms with Gasteiger partial charge in [-0.15, -0.1) is 11.3 Å². The van der Waals surface area contributed by atoms with E-state index < -0.39 is 5.97 Å². The lowest BCUT2D eigenvalue weighted by atomic mass is 10.1. The summed E-state index contributed by atoms with van der Waals surface area (Å²) in [6, 6.07) is 7.18. The third-order valence-corrected chi connectivity index (χ3v) is 3.71. The summed E-state index contributed by atoms with van der Waals surface area (Å²) in [4.78, 5) is 27.4. The third kappa shape index (κ3) is 4.14. The number of ether oxygens (including phenoxy) is 2. The van der Waals surface area contributed by atoms with Gasteiger partial charge in [0.15, 0.2) is 5.69 Å². The first-order chi connectivity index (χ1) is 10.6. The van der Waals surface area contributed by atoms with E-state index in [1.807, 2.05) is 12.1 Å². The molecule has 0 aliphatic rings. The van der Waals surface area contributed by atoms with Crippen LogP contribution in [-0.2, 0) is 15.9 Å². The molecule has 1 heterocycles. The highest BCUT2D eigenvalue weighted by Gasteiger charge is 2.12. The molecule has 0 saturated heterocycles. The van der Waals surface area contributed by atoms with Crippen molar-refractivity contribution >= 4 is 23.3 Å². The Balaban J connectivity index is 2.02. The van der Waals surface area contributed by atoms with Crippen LogP contribution < -0.4 is 0 Å². The molecule has 0 saturated carbocycles. The molecule has 0 bridgehead atoms. The van der Waals surface area contributed by atoms with E-state index in [2.05, 4.69) is 4.98 Å². The number of hydrogen-bond donors (Lipinski definition) is 0. The number of esters is 2. The van der Waals surface area contributed by atoms with Crippen LogP contribution in [0.2, 0.25) is 0 Å². The first-order valence-electron chi connectivity index (χ1n) is 7.01. The number of hydrogen-bond acceptors (Lipinski definition) is 6. The summed E-state index contributed by atoms with van der Waals surface area (Å²) in [5.74, 6) is -0.726. The van der Waals surface area contributed by atoms with Crippen molar-refractivity contribution in [3.05, 3.63) is 51.5 Å². The fourth-order valence-corrected chi connectivity index (χ4v) is 2.64. The van der Waals surface area contributed by atoms with E-state index in [-0.39, 0.29) is 5.97 Å². The molecule has 0 fully saturated rings. The van der Waals surface area contributed by atoms with Gasteiger partial charge in [0.05, 0.1) is 23.8 Å². The zero-order valence-corrected chi connectivity index (χ0v) is 13.3. The van der Waals surface area contributed by atoms with E-state index in [1.54, 1.807) is 31.4 Å². The van der Waals surface area contributed by atoms with Gasteiger partial charge in [0, 0.05) is 11.8 Å². The predicted octanol–water partition coefficient (Wildman–Crippen LogP) is 3.09. The predicted molar refractivity (Wildman–Crippen MR) is 83.3 cm³/mol. The van der Waals surface area contributed by atoms with Crippen LogP contribution in [0, 0.1) is 0 Å². The minimum Gasteiger partial charge on any atom is -0.462 e. The Morgan fingerprint density at radius 3 is 2.32 bits per heavy atom. The first-order valence-corrected chi connectivity index (χ1v) is 7.89. The molecule has 0 amide bonds. The van der Waals surface area contributed by atoms with Gasteiger partial charge in [0.2, 0.25) is 0 Å². The van der Waals surface area contributed by atoms with Crippen molar-refractivity contribution in [2.24, 2.45) is 0 Å². The minimum absolute atomic E-state index is 0.326. The summed E-state index contributed by atoms with van der Waals surface area (Å²) in [5, 5.41) is 2.52. The molecular formula is C16H17NO4S. The van der Waals surface area contributed by atoms with E-state index in [0.717, 1.165) is 10.6 Å². The van der Waals surface area contributed by atoms with Crippen molar-refractivity contribution in [1.29, 1.82) is 0 Å². The maximum atomic E-state index is 11.6. The molecule has 0 N–H and O–H groups in total. The SMILES string of the molecule is CCOC(=O)c1ccc(Cc2nc(C(=O)OCC)cs2)cc1. The Kier molecular flexibility index (Phi) is 5.66. The van der Waals surface area contributed by atoms with Crippen LogP contribution in [0.3, 0.4) is 0 Å². The Hall–Kier alpha value is -2.21. The summed E-state index contributed by atoms with van der Waals surface area (Å²) < 4.78 is 9.85. The molecule has 0 atom stereocenters. The summed E-state index contributed by atoms with van der Waals surface area (Å²) in [6.45, 7) is 4.23. The molecule has 0 radical (unpaired) electrons. The highest BCUT2D eigenvalue weighted by molar-refractivity contribution is 7.09. The monoisotopic (exact) mass is 319 g/mol. The van der Waals surface area contributed by atoms with Gasteiger partial charge in [-0.05, 0) is 31.5 Å². The van der Waals surface area contributed by atoms with E-state index in [1.165, 1.54) is 11.3 Å². The van der Waals surface area contributed by atoms with Gasteiger partial charge in [0.25, 0.3) is 0 Å². The summed E-state index contributed by atoms with van der Waals surface area (Å²) in [5.41, 5.74) is 1.87. The second-order valence-electron chi connectivity index (χ2n) is 4.44. The van der Waals surface area contributed by atoms with Crippen molar-refractivity contribution in [1.82, 2.24) is 4.98 Å². The first kappa shape index (κ1) is 16.2. The average molecular weight is 319 g/mol. The summed E-state index contributed by atoms with van der Waals surface area (Å²) >= 11 is 1.41. The highest BCUT2D eigenvalue weighted by atomic mass is 32.1. The second-order valence-corrected chi connectivity index (χ2v) is 5.38. The molecule has 0 aliphatic carbocycles. The fraction of sp³-hybridized carbons (Fsp3) is 0.312. The number of carbonyl (C=O) groups is 2. The Morgan fingerprint density at radius 2 is 1.68 bits per heavy atom. The molecule has 22 heavy (non-hydrogen) atoms. The van der Waals surface area contributed by atoms with E-state index in [0.29, 0.717) is 30.9 Å². The van der Waals surface area contributed by atoms with Crippen molar-refractivity contribution in [3.8, 4) is 0 Å². The second kappa shape index (κ2) is 7.70. The van der Waals surface area contributed by atoms with Gasteiger partial charge in [-0.1, -0.05) is 12.1 Å². The smallest absolute Gasteiger partial charge is 0.357 e. The lowest BCUT2D eigenvalue weighted by Crippen LogP contribution is -2.05. The molecule has 116 valence electrons. The molecule has 0 unspecified atom stereocenters. The van der Waals surface area contributed by atoms with Crippen LogP contribution >= 0.6 is 11.3 Å². The maximum absolute atomic E-state index is 11.6. The van der Waals surface area contributed by atoms with Gasteiger partial charge in [-0.25, -0.2) is 14.6 Å². The van der Waals surface area contributed by atoms with Gasteiger partial charge >= 0.3 is 11.9 Å². The van der Waals surface area contributed by atoms with Crippen LogP contribution in [-0.4, -0.2) is 30.1 Å². The average Bonchev–Trinajstić information content (AvgIpc) is 2.97. The molecule has 5 nitrogen and oxygen atoms in total. The van der Waals surface area contributed by atoms with Crippen LogP contribution in [0.15, 0.2) is 29.6 Å². The Morgan fingerprint density at radius 1 is 1.05 bits per heavy atom. The highest BCUT2D eigenvalue weighted by Crippen LogP contribution is 2.16. The van der Waals surface area contributed by atoms with Gasteiger partial charge in [-0.2, -0.15) is 0 Å². The van der Waals surface area contributed by atoms with Crippen molar-refractivity contribution < 1.29 is 19.1 Å². The number of benzene rings is 1. The zero-order valence-electron chi connectivity index (χ0n) is 12.5. The lowest BCUT2D eigenvalue weighted by Gasteiger charge is -2.03. The standard InChI is InChI=1S/C16H17NO4S/c1-3-20-15(18)12-7-5-11(6-8-12)9-14-17-13(10-22-14)16(19)21-4-2/h5-8,10H,3-4,9H2,1-2H3.